The van der Waals surface area contributed by atoms with E-state index in [1.54, 1.807) is 0 Å². The minimum Gasteiger partial charge on any atom is -0.314 e. The third kappa shape index (κ3) is 6.15. The SMILES string of the molecule is CCC(C)CC(CC)NCCc1cc(F)cc(F)c1. The summed E-state index contributed by atoms with van der Waals surface area (Å²) in [7, 11) is 0. The molecular weight excluding hydrogens is 244 g/mol. The second kappa shape index (κ2) is 8.26. The van der Waals surface area contributed by atoms with E-state index in [1.807, 2.05) is 0 Å². The maximum absolute atomic E-state index is 13.0. The molecule has 1 rings (SSSR count). The Kier molecular flexibility index (Phi) is 7.00. The van der Waals surface area contributed by atoms with Gasteiger partial charge in [0.25, 0.3) is 0 Å². The van der Waals surface area contributed by atoms with E-state index in [1.165, 1.54) is 18.6 Å². The summed E-state index contributed by atoms with van der Waals surface area (Å²) in [5, 5.41) is 3.48. The maximum Gasteiger partial charge on any atom is 0.126 e. The lowest BCUT2D eigenvalue weighted by atomic mass is 9.97. The Balaban J connectivity index is 2.39. The van der Waals surface area contributed by atoms with Crippen molar-refractivity contribution in [2.75, 3.05) is 6.54 Å². The summed E-state index contributed by atoms with van der Waals surface area (Å²) in [5.74, 6) is -0.285. The van der Waals surface area contributed by atoms with Crippen molar-refractivity contribution >= 4 is 0 Å². The van der Waals surface area contributed by atoms with Crippen molar-refractivity contribution in [3.05, 3.63) is 35.4 Å². The van der Waals surface area contributed by atoms with Gasteiger partial charge in [0.05, 0.1) is 0 Å². The molecule has 0 aliphatic carbocycles. The normalized spacial score (nSPS) is 14.4. The second-order valence-electron chi connectivity index (χ2n) is 5.34. The molecule has 0 amide bonds. The first-order chi connectivity index (χ1) is 9.05. The van der Waals surface area contributed by atoms with Crippen LogP contribution in [-0.4, -0.2) is 12.6 Å². The van der Waals surface area contributed by atoms with E-state index in [-0.39, 0.29) is 0 Å². The first kappa shape index (κ1) is 16.1. The van der Waals surface area contributed by atoms with Gasteiger partial charge in [-0.15, -0.1) is 0 Å². The van der Waals surface area contributed by atoms with Crippen LogP contribution in [0.25, 0.3) is 0 Å². The molecule has 2 unspecified atom stereocenters. The van der Waals surface area contributed by atoms with Crippen molar-refractivity contribution < 1.29 is 8.78 Å². The number of hydrogen-bond acceptors (Lipinski definition) is 1. The molecule has 108 valence electrons. The molecule has 0 radical (unpaired) electrons. The standard InChI is InChI=1S/C16H25F2N/c1-4-12(3)8-16(5-2)19-7-6-13-9-14(17)11-15(18)10-13/h9-12,16,19H,4-8H2,1-3H3. The quantitative estimate of drug-likeness (QED) is 0.741. The summed E-state index contributed by atoms with van der Waals surface area (Å²) in [6.45, 7) is 7.39. The smallest absolute Gasteiger partial charge is 0.126 e. The van der Waals surface area contributed by atoms with Crippen LogP contribution in [0.3, 0.4) is 0 Å². The summed E-state index contributed by atoms with van der Waals surface area (Å²) in [5.41, 5.74) is 0.711. The summed E-state index contributed by atoms with van der Waals surface area (Å²) in [4.78, 5) is 0. The van der Waals surface area contributed by atoms with Gasteiger partial charge in [-0.1, -0.05) is 27.2 Å². The van der Waals surface area contributed by atoms with Crippen molar-refractivity contribution in [3.8, 4) is 0 Å². The lowest BCUT2D eigenvalue weighted by Crippen LogP contribution is -2.31. The molecule has 2 atom stereocenters. The van der Waals surface area contributed by atoms with Crippen LogP contribution in [0.15, 0.2) is 18.2 Å². The second-order valence-corrected chi connectivity index (χ2v) is 5.34. The van der Waals surface area contributed by atoms with Gasteiger partial charge in [-0.2, -0.15) is 0 Å². The average Bonchev–Trinajstić information content (AvgIpc) is 2.36. The zero-order chi connectivity index (χ0) is 14.3. The van der Waals surface area contributed by atoms with E-state index >= 15 is 0 Å². The number of benzene rings is 1. The Labute approximate surface area is 115 Å². The van der Waals surface area contributed by atoms with Gasteiger partial charge >= 0.3 is 0 Å². The van der Waals surface area contributed by atoms with Gasteiger partial charge in [-0.3, -0.25) is 0 Å². The van der Waals surface area contributed by atoms with Crippen LogP contribution in [0.4, 0.5) is 8.78 Å². The molecule has 0 aromatic heterocycles. The molecule has 0 aliphatic rings. The minimum absolute atomic E-state index is 0.494. The molecule has 3 heteroatoms. The summed E-state index contributed by atoms with van der Waals surface area (Å²) >= 11 is 0. The van der Waals surface area contributed by atoms with Crippen LogP contribution in [0.5, 0.6) is 0 Å². The van der Waals surface area contributed by atoms with Crippen molar-refractivity contribution in [3.63, 3.8) is 0 Å². The van der Waals surface area contributed by atoms with Gasteiger partial charge in [-0.25, -0.2) is 8.78 Å². The molecule has 1 aromatic rings. The first-order valence-electron chi connectivity index (χ1n) is 7.23. The van der Waals surface area contributed by atoms with Crippen LogP contribution in [0.2, 0.25) is 0 Å². The minimum atomic E-state index is -0.498. The number of nitrogens with one attached hydrogen (secondary N) is 1. The van der Waals surface area contributed by atoms with E-state index in [9.17, 15) is 8.78 Å². The van der Waals surface area contributed by atoms with Crippen molar-refractivity contribution in [2.24, 2.45) is 5.92 Å². The highest BCUT2D eigenvalue weighted by molar-refractivity contribution is 5.18. The van der Waals surface area contributed by atoms with Crippen LogP contribution in [0.1, 0.15) is 45.6 Å². The van der Waals surface area contributed by atoms with E-state index in [0.29, 0.717) is 23.9 Å². The highest BCUT2D eigenvalue weighted by Crippen LogP contribution is 2.12. The lowest BCUT2D eigenvalue weighted by molar-refractivity contribution is 0.387. The van der Waals surface area contributed by atoms with Crippen molar-refractivity contribution in [2.45, 2.75) is 52.5 Å². The van der Waals surface area contributed by atoms with Crippen LogP contribution in [-0.2, 0) is 6.42 Å². The van der Waals surface area contributed by atoms with Crippen molar-refractivity contribution in [1.82, 2.24) is 5.32 Å². The van der Waals surface area contributed by atoms with Gasteiger partial charge in [0, 0.05) is 12.1 Å². The third-order valence-electron chi connectivity index (χ3n) is 3.65. The fourth-order valence-corrected chi connectivity index (χ4v) is 2.22. The lowest BCUT2D eigenvalue weighted by Gasteiger charge is -2.20. The molecule has 0 aliphatic heterocycles. The maximum atomic E-state index is 13.0. The molecule has 19 heavy (non-hydrogen) atoms. The van der Waals surface area contributed by atoms with E-state index < -0.39 is 11.6 Å². The molecule has 0 saturated carbocycles. The summed E-state index contributed by atoms with van der Waals surface area (Å²) < 4.78 is 26.1. The molecular formula is C16H25F2N. The highest BCUT2D eigenvalue weighted by Gasteiger charge is 2.09. The molecule has 1 N–H and O–H groups in total. The van der Waals surface area contributed by atoms with Gasteiger partial charge in [-0.05, 0) is 49.4 Å². The van der Waals surface area contributed by atoms with Gasteiger partial charge in [0.1, 0.15) is 11.6 Å². The predicted molar refractivity (Wildman–Crippen MR) is 76.2 cm³/mol. The Hall–Kier alpha value is -0.960. The number of halogens is 2. The number of rotatable bonds is 8. The van der Waals surface area contributed by atoms with E-state index in [2.05, 4.69) is 26.1 Å². The first-order valence-corrected chi connectivity index (χ1v) is 7.23. The van der Waals surface area contributed by atoms with Crippen LogP contribution < -0.4 is 5.32 Å². The van der Waals surface area contributed by atoms with Gasteiger partial charge in [0.15, 0.2) is 0 Å². The van der Waals surface area contributed by atoms with Gasteiger partial charge < -0.3 is 5.32 Å². The fraction of sp³-hybridized carbons (Fsp3) is 0.625. The largest absolute Gasteiger partial charge is 0.314 e. The molecule has 0 bridgehead atoms. The Morgan fingerprint density at radius 1 is 1.05 bits per heavy atom. The molecule has 0 spiro atoms. The molecule has 0 fully saturated rings. The molecule has 0 saturated heterocycles. The topological polar surface area (TPSA) is 12.0 Å². The monoisotopic (exact) mass is 269 g/mol. The van der Waals surface area contributed by atoms with E-state index in [4.69, 9.17) is 0 Å². The molecule has 1 nitrogen and oxygen atoms in total. The fourth-order valence-electron chi connectivity index (χ4n) is 2.22. The Morgan fingerprint density at radius 3 is 2.21 bits per heavy atom. The van der Waals surface area contributed by atoms with Crippen LogP contribution in [0, 0.1) is 17.6 Å². The summed E-state index contributed by atoms with van der Waals surface area (Å²) in [6, 6.07) is 4.21. The average molecular weight is 269 g/mol. The zero-order valence-electron chi connectivity index (χ0n) is 12.2. The molecule has 0 heterocycles. The summed E-state index contributed by atoms with van der Waals surface area (Å²) in [6.07, 6.45) is 4.09. The number of hydrogen-bond donors (Lipinski definition) is 1. The third-order valence-corrected chi connectivity index (χ3v) is 3.65. The van der Waals surface area contributed by atoms with Crippen LogP contribution >= 0.6 is 0 Å². The Morgan fingerprint density at radius 2 is 1.68 bits per heavy atom. The van der Waals surface area contributed by atoms with Gasteiger partial charge in [0.2, 0.25) is 0 Å². The predicted octanol–water partition coefficient (Wildman–Crippen LogP) is 4.31. The molecule has 1 aromatic carbocycles. The highest BCUT2D eigenvalue weighted by atomic mass is 19.1. The Bertz CT molecular complexity index is 359. The van der Waals surface area contributed by atoms with E-state index in [0.717, 1.165) is 25.5 Å². The zero-order valence-corrected chi connectivity index (χ0v) is 12.2. The van der Waals surface area contributed by atoms with Crippen molar-refractivity contribution in [1.29, 1.82) is 0 Å².